The fourth-order valence-electron chi connectivity index (χ4n) is 4.61. The fourth-order valence-corrected chi connectivity index (χ4v) is 4.61. The molecule has 0 saturated carbocycles. The minimum atomic E-state index is -1.26. The van der Waals surface area contributed by atoms with Gasteiger partial charge in [-0.05, 0) is 105 Å². The van der Waals surface area contributed by atoms with E-state index in [0.717, 1.165) is 39.9 Å². The van der Waals surface area contributed by atoms with E-state index in [-0.39, 0.29) is 121 Å². The second kappa shape index (κ2) is 36.1. The molecule has 0 aliphatic rings. The van der Waals surface area contributed by atoms with Crippen LogP contribution < -0.4 is 24.8 Å². The number of aryl methyl sites for hydroxylation is 6. The first kappa shape index (κ1) is 67.9. The van der Waals surface area contributed by atoms with Gasteiger partial charge in [-0.15, -0.1) is 0 Å². The maximum absolute atomic E-state index is 7.32. The van der Waals surface area contributed by atoms with Gasteiger partial charge in [-0.3, -0.25) is 0 Å². The summed E-state index contributed by atoms with van der Waals surface area (Å²) in [5.74, 6) is 0.833. The Bertz CT molecular complexity index is 1000. The Morgan fingerprint density at radius 3 is 0.933 bits per heavy atom. The molecule has 0 aliphatic heterocycles. The standard InChI is InChI=1S/C15H22BN6.C8H20N.C2H3N.C2H6S.2ClH.2Fe.3S.W/c1-10-7-13(4)20(17-10)16(21-14(5)8-11(2)18-21)22-15(6)9-12(3)19-22;1-5-9(6-2,7-3)8-4;2*1-2-3;;;;;;;;/h7-9,16H,1-6H3;5-8H2,1-4H3;1H3;3H,2H2,1H3;2*1H;;;;;;/q-1;+1;;;;;2*+3;3*-2;/p-3. The van der Waals surface area contributed by atoms with Crippen LogP contribution in [0.1, 0.15) is 75.7 Å². The molecule has 0 saturated heterocycles. The molecule has 45 heavy (non-hydrogen) atoms. The van der Waals surface area contributed by atoms with E-state index >= 15 is 0 Å². The molecule has 0 aromatic carbocycles. The number of nitriles is 1. The summed E-state index contributed by atoms with van der Waals surface area (Å²) in [5, 5.41) is 21.4. The molecular formula is C27H50BCl2Fe2N8S4W-3. The van der Waals surface area contributed by atoms with Crippen LogP contribution in [0.15, 0.2) is 18.2 Å². The fraction of sp³-hybridized carbons (Fsp3) is 0.630. The van der Waals surface area contributed by atoms with Crippen molar-refractivity contribution in [3.05, 3.63) is 52.4 Å². The van der Waals surface area contributed by atoms with Gasteiger partial charge in [0.25, 0.3) is 0 Å². The van der Waals surface area contributed by atoms with Gasteiger partial charge in [0.2, 0.25) is 0 Å². The number of aromatic nitrogens is 6. The number of hydrogen-bond donors (Lipinski definition) is 0. The van der Waals surface area contributed by atoms with Crippen molar-refractivity contribution in [2.75, 3.05) is 31.9 Å². The molecule has 0 amide bonds. The van der Waals surface area contributed by atoms with Crippen molar-refractivity contribution >= 4 is 60.2 Å². The predicted octanol–water partition coefficient (Wildman–Crippen LogP) is -1.25. The normalized spacial score (nSPS) is 8.64. The summed E-state index contributed by atoms with van der Waals surface area (Å²) in [6, 6.07) is 8.03. The van der Waals surface area contributed by atoms with E-state index < -0.39 is 7.12 Å². The monoisotopic (exact) mass is 991 g/mol. The van der Waals surface area contributed by atoms with E-state index in [0.29, 0.717) is 0 Å². The van der Waals surface area contributed by atoms with Gasteiger partial charge in [0.1, 0.15) is 0 Å². The number of rotatable bonds is 7. The molecule has 0 bridgehead atoms. The van der Waals surface area contributed by atoms with Gasteiger partial charge in [-0.1, -0.05) is 6.92 Å². The molecule has 18 heteroatoms. The van der Waals surface area contributed by atoms with E-state index in [2.05, 4.69) is 93.1 Å². The van der Waals surface area contributed by atoms with Gasteiger partial charge in [-0.25, -0.2) is 15.3 Å². The van der Waals surface area contributed by atoms with Crippen LogP contribution in [-0.4, -0.2) is 72.6 Å². The Labute approximate surface area is 349 Å². The van der Waals surface area contributed by atoms with Gasteiger partial charge in [-0.2, -0.15) is 11.0 Å². The molecule has 0 spiro atoms. The first-order valence-corrected chi connectivity index (χ1v) is 14.0. The van der Waals surface area contributed by atoms with Crippen LogP contribution >= 0.6 is 0 Å². The molecular weight excluding hydrogens is 942 g/mol. The molecule has 3 heterocycles. The third-order valence-corrected chi connectivity index (χ3v) is 6.80. The molecule has 3 rings (SSSR count). The average molecular weight is 992 g/mol. The maximum atomic E-state index is 7.32. The van der Waals surface area contributed by atoms with Crippen molar-refractivity contribution in [3.63, 3.8) is 0 Å². The number of nitrogens with zero attached hydrogens (tertiary/aromatic N) is 8. The summed E-state index contributed by atoms with van der Waals surface area (Å²) in [4.78, 5) is 0. The SMILES string of the molecule is CC#N.CC[N+](CC)(CC)CC.CC[S-].Cc1cc(C)n([BH-](n2nc(C)cc2C)n2nc(C)cc2C)n1.[Cl-].[Cl-].[Fe+3].[Fe+3].[S-2].[S-2].[S-2].[W]. The van der Waals surface area contributed by atoms with Gasteiger partial charge < -0.3 is 96.2 Å². The van der Waals surface area contributed by atoms with Crippen molar-refractivity contribution in [3.8, 4) is 6.07 Å². The van der Waals surface area contributed by atoms with Crippen molar-refractivity contribution < 1.29 is 84.5 Å². The van der Waals surface area contributed by atoms with E-state index in [1.807, 2.05) is 27.7 Å². The quantitative estimate of drug-likeness (QED) is 0.168. The summed E-state index contributed by atoms with van der Waals surface area (Å²) >= 11 is 4.39. The summed E-state index contributed by atoms with van der Waals surface area (Å²) in [7, 11) is -1.26. The average Bonchev–Trinajstić information content (AvgIpc) is 3.47. The minimum absolute atomic E-state index is 0. The smallest absolute Gasteiger partial charge is 2.00 e. The molecule has 0 aliphatic carbocycles. The van der Waals surface area contributed by atoms with Crippen LogP contribution in [0.4, 0.5) is 0 Å². The van der Waals surface area contributed by atoms with Crippen LogP contribution in [-0.2, 0) is 108 Å². The third kappa shape index (κ3) is 22.2. The molecule has 3 aromatic rings. The predicted molar refractivity (Wildman–Crippen MR) is 182 cm³/mol. The van der Waals surface area contributed by atoms with Crippen LogP contribution in [0, 0.1) is 52.9 Å². The molecule has 2 radical (unpaired) electrons. The zero-order valence-electron chi connectivity index (χ0n) is 28.6. The van der Waals surface area contributed by atoms with Gasteiger partial charge in [0.05, 0.1) is 49.3 Å². The molecule has 3 aromatic heterocycles. The zero-order chi connectivity index (χ0) is 28.8. The van der Waals surface area contributed by atoms with E-state index in [1.165, 1.54) is 37.6 Å². The molecule has 0 unspecified atom stereocenters. The topological polar surface area (TPSA) is 77.2 Å². The van der Waals surface area contributed by atoms with Gasteiger partial charge in [0, 0.05) is 28.0 Å². The van der Waals surface area contributed by atoms with Crippen molar-refractivity contribution in [2.24, 2.45) is 0 Å². The third-order valence-electron chi connectivity index (χ3n) is 6.80. The zero-order valence-corrected chi connectivity index (χ0v) is 38.5. The van der Waals surface area contributed by atoms with Gasteiger partial charge >= 0.3 is 41.3 Å². The molecule has 8 nitrogen and oxygen atoms in total. The van der Waals surface area contributed by atoms with E-state index in [4.69, 9.17) is 20.6 Å². The van der Waals surface area contributed by atoms with E-state index in [1.54, 1.807) is 6.07 Å². The largest absolute Gasteiger partial charge is 3.00 e. The Morgan fingerprint density at radius 1 is 0.667 bits per heavy atom. The first-order chi connectivity index (χ1) is 17.4. The molecule has 0 N–H and O–H groups in total. The molecule has 0 fully saturated rings. The van der Waals surface area contributed by atoms with Crippen LogP contribution in [0.2, 0.25) is 0 Å². The summed E-state index contributed by atoms with van der Waals surface area (Å²) in [5.41, 5.74) is 6.40. The second-order valence-electron chi connectivity index (χ2n) is 9.32. The Hall–Kier alpha value is 0.852. The minimum Gasteiger partial charge on any atom is -2.00 e. The van der Waals surface area contributed by atoms with Crippen LogP contribution in [0.3, 0.4) is 0 Å². The Morgan fingerprint density at radius 2 is 0.844 bits per heavy atom. The number of hydrogen-bond acceptors (Lipinski definition) is 5. The van der Waals surface area contributed by atoms with Gasteiger partial charge in [0.15, 0.2) is 0 Å². The summed E-state index contributed by atoms with van der Waals surface area (Å²) < 4.78 is 7.47. The summed E-state index contributed by atoms with van der Waals surface area (Å²) in [6.45, 7) is 29.9. The maximum Gasteiger partial charge on any atom is 3.00 e. The molecule has 0 atom stereocenters. The molecule has 264 valence electrons. The van der Waals surface area contributed by atoms with Crippen molar-refractivity contribution in [2.45, 2.75) is 83.1 Å². The Kier molecular flexibility index (Phi) is 54.5. The number of quaternary nitrogens is 1. The number of halogens is 2. The van der Waals surface area contributed by atoms with E-state index in [9.17, 15) is 0 Å². The van der Waals surface area contributed by atoms with Crippen molar-refractivity contribution in [1.82, 2.24) is 29.1 Å². The Balaban J connectivity index is -0.0000000700. The second-order valence-corrected chi connectivity index (χ2v) is 9.90. The van der Waals surface area contributed by atoms with Crippen LogP contribution in [0.5, 0.6) is 0 Å². The van der Waals surface area contributed by atoms with Crippen molar-refractivity contribution in [1.29, 1.82) is 5.26 Å². The summed E-state index contributed by atoms with van der Waals surface area (Å²) in [6.07, 6.45) is 0. The first-order valence-electron chi connectivity index (χ1n) is 13.4. The van der Waals surface area contributed by atoms with Crippen LogP contribution in [0.25, 0.3) is 0 Å².